The molecule has 3 aromatic heterocycles. The quantitative estimate of drug-likeness (QED) is 0.184. The second-order valence-corrected chi connectivity index (χ2v) is 16.9. The molecule has 0 aliphatic carbocycles. The molecule has 0 bridgehead atoms. The van der Waals surface area contributed by atoms with Crippen LogP contribution in [0, 0.1) is 0 Å². The summed E-state index contributed by atoms with van der Waals surface area (Å²) in [5.41, 5.74) is 2.45. The maximum absolute atomic E-state index is 12.2. The van der Waals surface area contributed by atoms with Crippen molar-refractivity contribution in [3.63, 3.8) is 0 Å². The first-order chi connectivity index (χ1) is 18.0. The van der Waals surface area contributed by atoms with Gasteiger partial charge >= 0.3 is 6.09 Å². The molecule has 0 fully saturated rings. The van der Waals surface area contributed by atoms with Crippen LogP contribution in [0.4, 0.5) is 10.5 Å². The van der Waals surface area contributed by atoms with Gasteiger partial charge in [0, 0.05) is 56.2 Å². The number of anilines is 1. The molecule has 1 N–H and O–H groups in total. The van der Waals surface area contributed by atoms with Gasteiger partial charge in [0.25, 0.3) is 0 Å². The van der Waals surface area contributed by atoms with Crippen LogP contribution in [0.1, 0.15) is 20.8 Å². The highest BCUT2D eigenvalue weighted by Gasteiger charge is 2.20. The van der Waals surface area contributed by atoms with E-state index in [4.69, 9.17) is 14.2 Å². The van der Waals surface area contributed by atoms with Crippen LogP contribution in [0.5, 0.6) is 11.6 Å². The first-order valence-electron chi connectivity index (χ1n) is 12.6. The fraction of sp³-hybridized carbons (Fsp3) is 0.357. The number of rotatable bonds is 9. The predicted octanol–water partition coefficient (Wildman–Crippen LogP) is 6.94. The van der Waals surface area contributed by atoms with Gasteiger partial charge < -0.3 is 18.8 Å². The second kappa shape index (κ2) is 11.3. The fourth-order valence-electron chi connectivity index (χ4n) is 3.72. The number of fused-ring (bicyclic) bond motifs is 1. The topological polar surface area (TPSA) is 100 Å². The fourth-order valence-corrected chi connectivity index (χ4v) is 4.48. The molecule has 1 amide bonds. The van der Waals surface area contributed by atoms with E-state index >= 15 is 0 Å². The average molecular weight is 534 g/mol. The predicted molar refractivity (Wildman–Crippen MR) is 151 cm³/mol. The van der Waals surface area contributed by atoms with E-state index < -0.39 is 19.8 Å². The smallest absolute Gasteiger partial charge is 0.412 e. The Kier molecular flexibility index (Phi) is 8.13. The standard InChI is InChI=1S/C28H35N5O4Si/c1-28(2,3)37-27(34)32-21-10-7-11-22(15-21)36-26-24-23(20-9-8-12-29-16-20)17-33(25(24)30-18-31-26)19-35-13-14-38(4,5)6/h7-12,15-18H,13-14,19H2,1-6H3,(H,32,34). The summed E-state index contributed by atoms with van der Waals surface area (Å²) >= 11 is 0. The van der Waals surface area contributed by atoms with Crippen molar-refractivity contribution >= 4 is 30.9 Å². The largest absolute Gasteiger partial charge is 0.444 e. The van der Waals surface area contributed by atoms with Crippen molar-refractivity contribution < 1.29 is 19.0 Å². The van der Waals surface area contributed by atoms with E-state index in [9.17, 15) is 4.79 Å². The van der Waals surface area contributed by atoms with Crippen LogP contribution in [0.2, 0.25) is 25.7 Å². The van der Waals surface area contributed by atoms with Crippen molar-refractivity contribution in [1.29, 1.82) is 0 Å². The van der Waals surface area contributed by atoms with Crippen LogP contribution in [0.3, 0.4) is 0 Å². The maximum Gasteiger partial charge on any atom is 0.412 e. The van der Waals surface area contributed by atoms with E-state index in [1.54, 1.807) is 36.7 Å². The molecule has 9 nitrogen and oxygen atoms in total. The molecule has 0 aliphatic heterocycles. The van der Waals surface area contributed by atoms with Crippen LogP contribution in [0.15, 0.2) is 61.3 Å². The molecule has 0 atom stereocenters. The zero-order chi connectivity index (χ0) is 27.3. The summed E-state index contributed by atoms with van der Waals surface area (Å²) in [6.07, 6.45) is 6.47. The van der Waals surface area contributed by atoms with Crippen molar-refractivity contribution in [2.45, 2.75) is 58.8 Å². The summed E-state index contributed by atoms with van der Waals surface area (Å²) in [6, 6.07) is 12.0. The number of nitrogens with one attached hydrogen (secondary N) is 1. The van der Waals surface area contributed by atoms with Crippen LogP contribution in [0.25, 0.3) is 22.2 Å². The number of carbonyl (C=O) groups is 1. The second-order valence-electron chi connectivity index (χ2n) is 11.2. The molecule has 4 rings (SSSR count). The highest BCUT2D eigenvalue weighted by atomic mass is 28.3. The Morgan fingerprint density at radius 1 is 1.11 bits per heavy atom. The molecule has 200 valence electrons. The Morgan fingerprint density at radius 3 is 2.63 bits per heavy atom. The number of pyridine rings is 1. The Morgan fingerprint density at radius 2 is 1.92 bits per heavy atom. The number of aromatic nitrogens is 4. The van der Waals surface area contributed by atoms with Gasteiger partial charge in [-0.25, -0.2) is 14.8 Å². The Labute approximate surface area is 224 Å². The van der Waals surface area contributed by atoms with E-state index in [-0.39, 0.29) is 0 Å². The normalized spacial score (nSPS) is 11.9. The van der Waals surface area contributed by atoms with Gasteiger partial charge in [-0.3, -0.25) is 10.3 Å². The van der Waals surface area contributed by atoms with E-state index in [0.29, 0.717) is 36.3 Å². The molecule has 0 saturated heterocycles. The minimum atomic E-state index is -1.20. The summed E-state index contributed by atoms with van der Waals surface area (Å²) in [4.78, 5) is 25.5. The highest BCUT2D eigenvalue weighted by molar-refractivity contribution is 6.76. The number of amides is 1. The van der Waals surface area contributed by atoms with E-state index in [2.05, 4.69) is 39.9 Å². The lowest BCUT2D eigenvalue weighted by Gasteiger charge is -2.19. The van der Waals surface area contributed by atoms with Crippen molar-refractivity contribution in [3.8, 4) is 22.8 Å². The average Bonchev–Trinajstić information content (AvgIpc) is 3.20. The van der Waals surface area contributed by atoms with Gasteiger partial charge in [-0.1, -0.05) is 31.8 Å². The van der Waals surface area contributed by atoms with Crippen LogP contribution >= 0.6 is 0 Å². The van der Waals surface area contributed by atoms with Crippen LogP contribution in [-0.4, -0.2) is 45.9 Å². The SMILES string of the molecule is CC(C)(C)OC(=O)Nc1cccc(Oc2ncnc3c2c(-c2cccnc2)cn3COCC[Si](C)(C)C)c1. The lowest BCUT2D eigenvalue weighted by molar-refractivity contribution is 0.0636. The van der Waals surface area contributed by atoms with Crippen molar-refractivity contribution in [1.82, 2.24) is 19.5 Å². The Balaban J connectivity index is 1.64. The summed E-state index contributed by atoms with van der Waals surface area (Å²) in [5, 5.41) is 3.49. The van der Waals surface area contributed by atoms with Gasteiger partial charge in [0.15, 0.2) is 0 Å². The minimum absolute atomic E-state index is 0.368. The van der Waals surface area contributed by atoms with E-state index in [1.165, 1.54) is 6.33 Å². The van der Waals surface area contributed by atoms with Gasteiger partial charge in [-0.15, -0.1) is 0 Å². The molecular weight excluding hydrogens is 498 g/mol. The lowest BCUT2D eigenvalue weighted by Crippen LogP contribution is -2.27. The maximum atomic E-state index is 12.2. The van der Waals surface area contributed by atoms with Gasteiger partial charge in [0.2, 0.25) is 5.88 Å². The number of ether oxygens (including phenoxy) is 3. The number of hydrogen-bond donors (Lipinski definition) is 1. The van der Waals surface area contributed by atoms with Crippen LogP contribution < -0.4 is 10.1 Å². The zero-order valence-corrected chi connectivity index (χ0v) is 23.8. The summed E-state index contributed by atoms with van der Waals surface area (Å²) in [7, 11) is -1.20. The molecule has 4 aromatic rings. The Bertz CT molecular complexity index is 1390. The van der Waals surface area contributed by atoms with Gasteiger partial charge in [-0.2, -0.15) is 0 Å². The summed E-state index contributed by atoms with van der Waals surface area (Å²) in [5.74, 6) is 0.902. The third-order valence-electron chi connectivity index (χ3n) is 5.51. The van der Waals surface area contributed by atoms with Gasteiger partial charge in [0.1, 0.15) is 30.1 Å². The molecular formula is C28H35N5O4Si. The number of hydrogen-bond acceptors (Lipinski definition) is 7. The molecule has 10 heteroatoms. The molecule has 3 heterocycles. The van der Waals surface area contributed by atoms with Crippen molar-refractivity contribution in [2.75, 3.05) is 11.9 Å². The Hall–Kier alpha value is -3.76. The third-order valence-corrected chi connectivity index (χ3v) is 7.22. The number of nitrogens with zero attached hydrogens (tertiary/aromatic N) is 4. The van der Waals surface area contributed by atoms with E-state index in [0.717, 1.165) is 22.6 Å². The van der Waals surface area contributed by atoms with Crippen molar-refractivity contribution in [2.24, 2.45) is 0 Å². The number of benzene rings is 1. The number of carbonyl (C=O) groups excluding carboxylic acids is 1. The van der Waals surface area contributed by atoms with Gasteiger partial charge in [0.05, 0.1) is 5.39 Å². The summed E-state index contributed by atoms with van der Waals surface area (Å²) < 4.78 is 19.6. The molecule has 1 aromatic carbocycles. The first kappa shape index (κ1) is 27.3. The minimum Gasteiger partial charge on any atom is -0.444 e. The molecule has 38 heavy (non-hydrogen) atoms. The molecule has 0 unspecified atom stereocenters. The van der Waals surface area contributed by atoms with Crippen LogP contribution in [-0.2, 0) is 16.2 Å². The lowest BCUT2D eigenvalue weighted by atomic mass is 10.1. The monoisotopic (exact) mass is 533 g/mol. The first-order valence-corrected chi connectivity index (χ1v) is 16.3. The van der Waals surface area contributed by atoms with E-state index in [1.807, 2.05) is 43.7 Å². The van der Waals surface area contributed by atoms with Gasteiger partial charge in [-0.05, 0) is 45.0 Å². The molecule has 0 radical (unpaired) electrons. The third kappa shape index (κ3) is 7.39. The highest BCUT2D eigenvalue weighted by Crippen LogP contribution is 2.37. The van der Waals surface area contributed by atoms with Crippen molar-refractivity contribution in [3.05, 3.63) is 61.3 Å². The summed E-state index contributed by atoms with van der Waals surface area (Å²) in [6.45, 7) is 13.5. The molecule has 0 spiro atoms. The molecule has 0 saturated carbocycles. The zero-order valence-electron chi connectivity index (χ0n) is 22.8. The molecule has 0 aliphatic rings.